The quantitative estimate of drug-likeness (QED) is 0.476. The predicted molar refractivity (Wildman–Crippen MR) is 110 cm³/mol. The first-order valence-corrected chi connectivity index (χ1v) is 9.12. The Morgan fingerprint density at radius 3 is 2.39 bits per heavy atom. The van der Waals surface area contributed by atoms with E-state index in [0.29, 0.717) is 34.6 Å². The van der Waals surface area contributed by atoms with Crippen LogP contribution in [0.25, 0.3) is 22.5 Å². The summed E-state index contributed by atoms with van der Waals surface area (Å²) in [7, 11) is 0. The molecular weight excluding hydrogens is 346 g/mol. The summed E-state index contributed by atoms with van der Waals surface area (Å²) in [5.74, 6) is 1.33. The van der Waals surface area contributed by atoms with Crippen molar-refractivity contribution in [2.24, 2.45) is 0 Å². The van der Waals surface area contributed by atoms with Gasteiger partial charge in [-0.15, -0.1) is 0 Å². The van der Waals surface area contributed by atoms with Crippen molar-refractivity contribution in [3.63, 3.8) is 0 Å². The molecule has 1 heterocycles. The largest absolute Gasteiger partial charge is 0.507 e. The van der Waals surface area contributed by atoms with Crippen molar-refractivity contribution >= 4 is 0 Å². The van der Waals surface area contributed by atoms with Crippen LogP contribution < -0.4 is 0 Å². The second-order valence-electron chi connectivity index (χ2n) is 6.77. The minimum Gasteiger partial charge on any atom is -0.507 e. The first-order chi connectivity index (χ1) is 13.7. The molecule has 0 saturated heterocycles. The third-order valence-electron chi connectivity index (χ3n) is 4.75. The van der Waals surface area contributed by atoms with E-state index in [9.17, 15) is 10.4 Å². The van der Waals surface area contributed by atoms with Gasteiger partial charge in [0.2, 0.25) is 0 Å². The SMILES string of the molecule is Cc1cccc(-c2oc(Cc3ccccc3)c(-c3ccccc3O)c2C#N)c1. The summed E-state index contributed by atoms with van der Waals surface area (Å²) in [4.78, 5) is 0. The number of furan rings is 1. The molecule has 0 aliphatic rings. The van der Waals surface area contributed by atoms with Crippen LogP contribution in [0.3, 0.4) is 0 Å². The highest BCUT2D eigenvalue weighted by atomic mass is 16.3. The maximum Gasteiger partial charge on any atom is 0.152 e. The van der Waals surface area contributed by atoms with E-state index >= 15 is 0 Å². The van der Waals surface area contributed by atoms with Gasteiger partial charge in [0.05, 0.1) is 0 Å². The molecule has 0 amide bonds. The molecule has 3 aromatic carbocycles. The molecule has 0 aliphatic heterocycles. The van der Waals surface area contributed by atoms with Gasteiger partial charge in [-0.2, -0.15) is 5.26 Å². The lowest BCUT2D eigenvalue weighted by Crippen LogP contribution is -1.90. The number of nitriles is 1. The fourth-order valence-corrected chi connectivity index (χ4v) is 3.45. The molecule has 0 saturated carbocycles. The number of aromatic hydroxyl groups is 1. The number of para-hydroxylation sites is 1. The molecule has 0 atom stereocenters. The number of phenols is 1. The Labute approximate surface area is 164 Å². The minimum absolute atomic E-state index is 0.130. The molecule has 0 unspecified atom stereocenters. The fourth-order valence-electron chi connectivity index (χ4n) is 3.45. The Balaban J connectivity index is 1.96. The monoisotopic (exact) mass is 365 g/mol. The molecule has 28 heavy (non-hydrogen) atoms. The Morgan fingerprint density at radius 2 is 1.68 bits per heavy atom. The molecular formula is C25H19NO2. The molecule has 0 aliphatic carbocycles. The highest BCUT2D eigenvalue weighted by Crippen LogP contribution is 2.41. The molecule has 0 fully saturated rings. The average Bonchev–Trinajstić information content (AvgIpc) is 3.07. The van der Waals surface area contributed by atoms with Crippen LogP contribution in [-0.4, -0.2) is 5.11 Å². The van der Waals surface area contributed by atoms with E-state index in [1.54, 1.807) is 12.1 Å². The van der Waals surface area contributed by atoms with Crippen molar-refractivity contribution in [3.8, 4) is 34.3 Å². The lowest BCUT2D eigenvalue weighted by atomic mass is 9.95. The summed E-state index contributed by atoms with van der Waals surface area (Å²) in [5.41, 5.74) is 4.72. The highest BCUT2D eigenvalue weighted by molar-refractivity contribution is 5.84. The van der Waals surface area contributed by atoms with Crippen LogP contribution in [0.4, 0.5) is 0 Å². The number of aryl methyl sites for hydroxylation is 1. The van der Waals surface area contributed by atoms with E-state index in [-0.39, 0.29) is 5.75 Å². The van der Waals surface area contributed by atoms with E-state index in [1.807, 2.05) is 73.7 Å². The molecule has 136 valence electrons. The Morgan fingerprint density at radius 1 is 0.929 bits per heavy atom. The van der Waals surface area contributed by atoms with Crippen molar-refractivity contribution in [3.05, 3.63) is 101 Å². The van der Waals surface area contributed by atoms with Gasteiger partial charge >= 0.3 is 0 Å². The van der Waals surface area contributed by atoms with E-state index in [2.05, 4.69) is 6.07 Å². The van der Waals surface area contributed by atoms with E-state index in [0.717, 1.165) is 16.7 Å². The number of phenolic OH excluding ortho intramolecular Hbond substituents is 1. The smallest absolute Gasteiger partial charge is 0.152 e. The zero-order valence-electron chi connectivity index (χ0n) is 15.5. The summed E-state index contributed by atoms with van der Waals surface area (Å²) < 4.78 is 6.26. The predicted octanol–water partition coefficient (Wildman–Crippen LogP) is 6.09. The average molecular weight is 365 g/mol. The van der Waals surface area contributed by atoms with Crippen molar-refractivity contribution in [1.82, 2.24) is 0 Å². The third kappa shape index (κ3) is 3.28. The third-order valence-corrected chi connectivity index (χ3v) is 4.75. The number of rotatable bonds is 4. The standard InChI is InChI=1S/C25H19NO2/c1-17-8-7-11-19(14-17)25-21(16-26)24(20-12-5-6-13-22(20)27)23(28-25)15-18-9-3-2-4-10-18/h2-14,27H,15H2,1H3. The summed E-state index contributed by atoms with van der Waals surface area (Å²) in [6.45, 7) is 2.01. The summed E-state index contributed by atoms with van der Waals surface area (Å²) >= 11 is 0. The van der Waals surface area contributed by atoms with E-state index in [4.69, 9.17) is 4.42 Å². The van der Waals surface area contributed by atoms with Gasteiger partial charge in [0.1, 0.15) is 23.1 Å². The van der Waals surface area contributed by atoms with Crippen molar-refractivity contribution in [2.75, 3.05) is 0 Å². The van der Waals surface area contributed by atoms with Gasteiger partial charge in [0.25, 0.3) is 0 Å². The molecule has 1 aromatic heterocycles. The minimum atomic E-state index is 0.130. The molecule has 0 spiro atoms. The molecule has 0 radical (unpaired) electrons. The Kier molecular flexibility index (Phi) is 4.70. The van der Waals surface area contributed by atoms with Gasteiger partial charge in [-0.1, -0.05) is 72.3 Å². The second kappa shape index (κ2) is 7.46. The highest BCUT2D eigenvalue weighted by Gasteiger charge is 2.24. The van der Waals surface area contributed by atoms with Crippen LogP contribution in [0, 0.1) is 18.3 Å². The van der Waals surface area contributed by atoms with Gasteiger partial charge in [0, 0.05) is 23.1 Å². The van der Waals surface area contributed by atoms with Crippen molar-refractivity contribution < 1.29 is 9.52 Å². The summed E-state index contributed by atoms with van der Waals surface area (Å²) in [5, 5.41) is 20.4. The van der Waals surface area contributed by atoms with Gasteiger partial charge in [-0.25, -0.2) is 0 Å². The number of hydrogen-bond acceptors (Lipinski definition) is 3. The zero-order valence-corrected chi connectivity index (χ0v) is 15.5. The number of benzene rings is 3. The number of nitrogens with zero attached hydrogens (tertiary/aromatic N) is 1. The fraction of sp³-hybridized carbons (Fsp3) is 0.0800. The van der Waals surface area contributed by atoms with Gasteiger partial charge < -0.3 is 9.52 Å². The maximum absolute atomic E-state index is 10.4. The zero-order chi connectivity index (χ0) is 19.5. The van der Waals surface area contributed by atoms with Crippen molar-refractivity contribution in [1.29, 1.82) is 5.26 Å². The van der Waals surface area contributed by atoms with Gasteiger partial charge in [-0.3, -0.25) is 0 Å². The molecule has 4 aromatic rings. The lowest BCUT2D eigenvalue weighted by Gasteiger charge is -2.06. The van der Waals surface area contributed by atoms with E-state index < -0.39 is 0 Å². The first-order valence-electron chi connectivity index (χ1n) is 9.12. The van der Waals surface area contributed by atoms with Gasteiger partial charge in [0.15, 0.2) is 5.76 Å². The first kappa shape index (κ1) is 17.6. The van der Waals surface area contributed by atoms with Crippen LogP contribution in [-0.2, 0) is 6.42 Å². The number of hydrogen-bond donors (Lipinski definition) is 1. The van der Waals surface area contributed by atoms with Crippen LogP contribution in [0.5, 0.6) is 5.75 Å². The topological polar surface area (TPSA) is 57.2 Å². The summed E-state index contributed by atoms with van der Waals surface area (Å²) in [6.07, 6.45) is 0.533. The normalized spacial score (nSPS) is 10.6. The Bertz CT molecular complexity index is 1170. The second-order valence-corrected chi connectivity index (χ2v) is 6.77. The molecule has 3 nitrogen and oxygen atoms in total. The summed E-state index contributed by atoms with van der Waals surface area (Å²) in [6, 6.07) is 27.2. The van der Waals surface area contributed by atoms with Crippen molar-refractivity contribution in [2.45, 2.75) is 13.3 Å². The molecule has 1 N–H and O–H groups in total. The maximum atomic E-state index is 10.4. The molecule has 3 heteroatoms. The molecule has 0 bridgehead atoms. The van der Waals surface area contributed by atoms with Crippen LogP contribution in [0.15, 0.2) is 83.3 Å². The lowest BCUT2D eigenvalue weighted by molar-refractivity contribution is 0.476. The van der Waals surface area contributed by atoms with E-state index in [1.165, 1.54) is 0 Å². The van der Waals surface area contributed by atoms with Crippen LogP contribution in [0.1, 0.15) is 22.5 Å². The van der Waals surface area contributed by atoms with Crippen LogP contribution in [0.2, 0.25) is 0 Å². The Hall–Kier alpha value is -3.77. The van der Waals surface area contributed by atoms with Gasteiger partial charge in [-0.05, 0) is 24.6 Å². The van der Waals surface area contributed by atoms with Crippen LogP contribution >= 0.6 is 0 Å². The molecule has 4 rings (SSSR count).